The van der Waals surface area contributed by atoms with E-state index in [4.69, 9.17) is 0 Å². The van der Waals surface area contributed by atoms with Crippen LogP contribution in [0, 0.1) is 5.92 Å². The fourth-order valence-electron chi connectivity index (χ4n) is 4.18. The average molecular weight is 299 g/mol. The molecule has 20 heavy (non-hydrogen) atoms. The van der Waals surface area contributed by atoms with Crippen molar-refractivity contribution in [3.8, 4) is 0 Å². The monoisotopic (exact) mass is 298 g/mol. The Morgan fingerprint density at radius 3 is 2.50 bits per heavy atom. The summed E-state index contributed by atoms with van der Waals surface area (Å²) < 4.78 is 0. The van der Waals surface area contributed by atoms with Crippen molar-refractivity contribution in [3.63, 3.8) is 0 Å². The van der Waals surface area contributed by atoms with Gasteiger partial charge in [-0.2, -0.15) is 11.8 Å². The Bertz CT molecular complexity index is 287. The van der Waals surface area contributed by atoms with Crippen molar-refractivity contribution in [1.29, 1.82) is 0 Å². The highest BCUT2D eigenvalue weighted by Crippen LogP contribution is 2.34. The normalized spacial score (nSPS) is 28.9. The van der Waals surface area contributed by atoms with Gasteiger partial charge in [0.2, 0.25) is 0 Å². The number of hydrogen-bond donors (Lipinski definition) is 1. The first-order chi connectivity index (χ1) is 9.62. The summed E-state index contributed by atoms with van der Waals surface area (Å²) in [6.07, 6.45) is 10.6. The minimum atomic E-state index is 0.440. The van der Waals surface area contributed by atoms with Crippen molar-refractivity contribution in [2.24, 2.45) is 5.92 Å². The molecule has 0 aromatic heterocycles. The van der Waals surface area contributed by atoms with Gasteiger partial charge in [0.05, 0.1) is 0 Å². The van der Waals surface area contributed by atoms with E-state index in [-0.39, 0.29) is 0 Å². The summed E-state index contributed by atoms with van der Waals surface area (Å²) in [5.41, 5.74) is 0.440. The van der Waals surface area contributed by atoms with E-state index >= 15 is 0 Å². The Morgan fingerprint density at radius 1 is 1.25 bits per heavy atom. The number of piperazine rings is 1. The Labute approximate surface area is 130 Å². The molecule has 1 saturated carbocycles. The van der Waals surface area contributed by atoms with Gasteiger partial charge in [-0.15, -0.1) is 0 Å². The lowest BCUT2D eigenvalue weighted by atomic mass is 9.78. The van der Waals surface area contributed by atoms with Crippen LogP contribution in [-0.4, -0.2) is 47.6 Å². The van der Waals surface area contributed by atoms with E-state index in [9.17, 15) is 0 Å². The molecule has 1 N–H and O–H groups in total. The number of hydrogen-bond acceptors (Lipinski definition) is 3. The van der Waals surface area contributed by atoms with Crippen molar-refractivity contribution < 1.29 is 0 Å². The molecular formula is C17H34N2S. The van der Waals surface area contributed by atoms with Crippen molar-refractivity contribution in [2.45, 2.75) is 76.9 Å². The maximum atomic E-state index is 3.97. The molecule has 0 radical (unpaired) electrons. The summed E-state index contributed by atoms with van der Waals surface area (Å²) >= 11 is 2.01. The summed E-state index contributed by atoms with van der Waals surface area (Å²) in [6.45, 7) is 9.64. The number of nitrogens with zero attached hydrogens (tertiary/aromatic N) is 1. The van der Waals surface area contributed by atoms with Gasteiger partial charge in [-0.3, -0.25) is 4.90 Å². The molecule has 3 heteroatoms. The van der Waals surface area contributed by atoms with Crippen LogP contribution in [0.1, 0.15) is 59.3 Å². The molecule has 0 amide bonds. The summed E-state index contributed by atoms with van der Waals surface area (Å²) in [7, 11) is 0. The molecule has 0 bridgehead atoms. The third kappa shape index (κ3) is 3.72. The average Bonchev–Trinajstić information content (AvgIpc) is 2.45. The molecule has 1 heterocycles. The smallest absolute Gasteiger partial charge is 0.0309 e. The zero-order valence-corrected chi connectivity index (χ0v) is 14.8. The number of nitrogens with one attached hydrogen (secondary N) is 1. The number of rotatable bonds is 5. The molecule has 0 aromatic carbocycles. The second-order valence-electron chi connectivity index (χ2n) is 7.22. The van der Waals surface area contributed by atoms with Crippen LogP contribution in [0.15, 0.2) is 0 Å². The third-order valence-electron chi connectivity index (χ3n) is 5.48. The lowest BCUT2D eigenvalue weighted by molar-refractivity contribution is 0.0113. The topological polar surface area (TPSA) is 15.3 Å². The molecule has 2 aliphatic rings. The van der Waals surface area contributed by atoms with Crippen LogP contribution in [0.5, 0.6) is 0 Å². The van der Waals surface area contributed by atoms with Crippen molar-refractivity contribution in [2.75, 3.05) is 25.1 Å². The van der Waals surface area contributed by atoms with Gasteiger partial charge in [-0.25, -0.2) is 0 Å². The fraction of sp³-hybridized carbons (Fsp3) is 1.00. The Balaban J connectivity index is 2.12. The quantitative estimate of drug-likeness (QED) is 0.832. The largest absolute Gasteiger partial charge is 0.308 e. The Morgan fingerprint density at radius 2 is 1.95 bits per heavy atom. The summed E-state index contributed by atoms with van der Waals surface area (Å²) in [5, 5.41) is 3.97. The van der Waals surface area contributed by atoms with Crippen LogP contribution in [0.2, 0.25) is 0 Å². The molecule has 1 spiro atoms. The predicted molar refractivity (Wildman–Crippen MR) is 91.6 cm³/mol. The third-order valence-corrected chi connectivity index (χ3v) is 6.20. The second-order valence-corrected chi connectivity index (χ2v) is 8.13. The first-order valence-electron chi connectivity index (χ1n) is 8.61. The summed E-state index contributed by atoms with van der Waals surface area (Å²) in [4.78, 5) is 2.88. The van der Waals surface area contributed by atoms with Crippen LogP contribution in [0.4, 0.5) is 0 Å². The van der Waals surface area contributed by atoms with Gasteiger partial charge < -0.3 is 5.32 Å². The lowest BCUT2D eigenvalue weighted by Crippen LogP contribution is -2.68. The zero-order chi connectivity index (χ0) is 14.6. The maximum Gasteiger partial charge on any atom is 0.0309 e. The second kappa shape index (κ2) is 7.51. The van der Waals surface area contributed by atoms with Crippen molar-refractivity contribution in [3.05, 3.63) is 0 Å². The molecule has 2 nitrogen and oxygen atoms in total. The maximum absolute atomic E-state index is 3.97. The minimum Gasteiger partial charge on any atom is -0.308 e. The molecule has 2 fully saturated rings. The van der Waals surface area contributed by atoms with Gasteiger partial charge >= 0.3 is 0 Å². The lowest BCUT2D eigenvalue weighted by Gasteiger charge is -2.53. The van der Waals surface area contributed by atoms with Crippen LogP contribution in [0.3, 0.4) is 0 Å². The Kier molecular flexibility index (Phi) is 6.25. The van der Waals surface area contributed by atoms with Crippen LogP contribution in [0.25, 0.3) is 0 Å². The first-order valence-corrected chi connectivity index (χ1v) is 10.0. The van der Waals surface area contributed by atoms with E-state index in [1.54, 1.807) is 0 Å². The molecule has 1 aliphatic heterocycles. The highest BCUT2D eigenvalue weighted by molar-refractivity contribution is 7.98. The van der Waals surface area contributed by atoms with Crippen LogP contribution >= 0.6 is 11.8 Å². The molecular weight excluding hydrogens is 264 g/mol. The predicted octanol–water partition coefficient (Wildman–Crippen LogP) is 3.76. The highest BCUT2D eigenvalue weighted by Gasteiger charge is 2.42. The van der Waals surface area contributed by atoms with Crippen molar-refractivity contribution in [1.82, 2.24) is 10.2 Å². The molecule has 2 unspecified atom stereocenters. The van der Waals surface area contributed by atoms with Crippen molar-refractivity contribution >= 4 is 11.8 Å². The molecule has 0 aromatic rings. The van der Waals surface area contributed by atoms with Gasteiger partial charge in [0.25, 0.3) is 0 Å². The van der Waals surface area contributed by atoms with E-state index < -0.39 is 0 Å². The molecule has 118 valence electrons. The first kappa shape index (κ1) is 16.6. The minimum absolute atomic E-state index is 0.440. The van der Waals surface area contributed by atoms with E-state index in [1.807, 2.05) is 11.8 Å². The SMILES string of the molecule is CCC(CSC)N1CC2(CCCCC2)NCC1C(C)C. The molecule has 2 atom stereocenters. The standard InChI is InChI=1S/C17H34N2S/c1-5-15(12-20-4)19-13-17(9-7-6-8-10-17)18-11-16(19)14(2)3/h14-16,18H,5-13H2,1-4H3. The van der Waals surface area contributed by atoms with E-state index in [0.29, 0.717) is 5.54 Å². The molecule has 2 rings (SSSR count). The van der Waals surface area contributed by atoms with E-state index in [2.05, 4.69) is 37.2 Å². The van der Waals surface area contributed by atoms with Gasteiger partial charge in [0.15, 0.2) is 0 Å². The fourth-order valence-corrected chi connectivity index (χ4v) is 5.00. The highest BCUT2D eigenvalue weighted by atomic mass is 32.2. The molecule has 1 saturated heterocycles. The van der Waals surface area contributed by atoms with Crippen LogP contribution in [-0.2, 0) is 0 Å². The summed E-state index contributed by atoms with van der Waals surface area (Å²) in [5.74, 6) is 2.04. The van der Waals surface area contributed by atoms with E-state index in [1.165, 1.54) is 57.4 Å². The summed E-state index contributed by atoms with van der Waals surface area (Å²) in [6, 6.07) is 1.48. The molecule has 1 aliphatic carbocycles. The van der Waals surface area contributed by atoms with Gasteiger partial charge in [-0.05, 0) is 31.4 Å². The van der Waals surface area contributed by atoms with Gasteiger partial charge in [0.1, 0.15) is 0 Å². The zero-order valence-electron chi connectivity index (χ0n) is 14.0. The van der Waals surface area contributed by atoms with E-state index in [0.717, 1.165) is 18.0 Å². The van der Waals surface area contributed by atoms with Gasteiger partial charge in [-0.1, -0.05) is 40.0 Å². The Hall–Kier alpha value is 0.270. The van der Waals surface area contributed by atoms with Crippen LogP contribution < -0.4 is 5.32 Å². The van der Waals surface area contributed by atoms with Gasteiger partial charge in [0, 0.05) is 36.5 Å². The number of thioether (sulfide) groups is 1.